The summed E-state index contributed by atoms with van der Waals surface area (Å²) in [4.78, 5) is 11.6. The number of benzene rings is 1. The van der Waals surface area contributed by atoms with E-state index in [2.05, 4.69) is 28.2 Å². The Labute approximate surface area is 183 Å². The van der Waals surface area contributed by atoms with Crippen LogP contribution in [0.25, 0.3) is 28.8 Å². The van der Waals surface area contributed by atoms with Gasteiger partial charge in [-0.1, -0.05) is 36.4 Å². The Morgan fingerprint density at radius 2 is 2.03 bits per heavy atom. The molecule has 0 unspecified atom stereocenters. The molecule has 4 rings (SSSR count). The number of rotatable bonds is 5. The lowest BCUT2D eigenvalue weighted by atomic mass is 10.0. The molecule has 1 aromatic carbocycles. The van der Waals surface area contributed by atoms with Crippen LogP contribution in [0.3, 0.4) is 0 Å². The molecule has 0 aliphatic heterocycles. The Hall–Kier alpha value is -4.15. The number of halogens is 1. The Kier molecular flexibility index (Phi) is 5.39. The summed E-state index contributed by atoms with van der Waals surface area (Å²) >= 11 is 6.18. The number of nitrogens with one attached hydrogen (secondary N) is 1. The SMILES string of the molecule is C=CC(=O)Nc1cc(/C=C/c2cc(-c3cnn(C)c3)cn3ncc(C#N)c23)ccc1Cl. The van der Waals surface area contributed by atoms with E-state index < -0.39 is 0 Å². The van der Waals surface area contributed by atoms with E-state index in [1.165, 1.54) is 6.08 Å². The minimum atomic E-state index is -0.341. The number of aromatic nitrogens is 4. The van der Waals surface area contributed by atoms with E-state index in [0.29, 0.717) is 21.8 Å². The van der Waals surface area contributed by atoms with E-state index in [0.717, 1.165) is 22.3 Å². The summed E-state index contributed by atoms with van der Waals surface area (Å²) in [5, 5.41) is 21.2. The molecule has 3 heterocycles. The van der Waals surface area contributed by atoms with Crippen LogP contribution in [0.5, 0.6) is 0 Å². The summed E-state index contributed by atoms with van der Waals surface area (Å²) in [6.45, 7) is 3.45. The smallest absolute Gasteiger partial charge is 0.247 e. The first-order valence-corrected chi connectivity index (χ1v) is 9.68. The molecule has 31 heavy (non-hydrogen) atoms. The first-order chi connectivity index (χ1) is 15.0. The number of carbonyl (C=O) groups excluding carboxylic acids is 1. The maximum absolute atomic E-state index is 11.6. The molecule has 0 saturated heterocycles. The van der Waals surface area contributed by atoms with Crippen LogP contribution in [-0.4, -0.2) is 25.3 Å². The minimum absolute atomic E-state index is 0.341. The first kappa shape index (κ1) is 20.1. The fourth-order valence-electron chi connectivity index (χ4n) is 3.20. The number of hydrogen-bond donors (Lipinski definition) is 1. The van der Waals surface area contributed by atoms with Crippen molar-refractivity contribution >= 4 is 40.9 Å². The lowest BCUT2D eigenvalue weighted by molar-refractivity contribution is -0.111. The molecule has 0 spiro atoms. The number of carbonyl (C=O) groups is 1. The molecule has 3 aromatic heterocycles. The fourth-order valence-corrected chi connectivity index (χ4v) is 3.37. The van der Waals surface area contributed by atoms with Crippen molar-refractivity contribution in [3.05, 3.63) is 83.4 Å². The van der Waals surface area contributed by atoms with Gasteiger partial charge in [0.1, 0.15) is 6.07 Å². The monoisotopic (exact) mass is 428 g/mol. The maximum atomic E-state index is 11.6. The molecule has 0 radical (unpaired) electrons. The number of nitriles is 1. The van der Waals surface area contributed by atoms with Crippen molar-refractivity contribution in [2.24, 2.45) is 7.05 Å². The molecule has 0 atom stereocenters. The van der Waals surface area contributed by atoms with Crippen LogP contribution in [0.15, 0.2) is 61.7 Å². The van der Waals surface area contributed by atoms with E-state index in [9.17, 15) is 10.1 Å². The van der Waals surface area contributed by atoms with Gasteiger partial charge in [-0.2, -0.15) is 15.5 Å². The molecular formula is C23H17ClN6O. The molecule has 0 fully saturated rings. The van der Waals surface area contributed by atoms with Gasteiger partial charge < -0.3 is 5.32 Å². The quantitative estimate of drug-likeness (QED) is 0.472. The Bertz CT molecular complexity index is 1390. The van der Waals surface area contributed by atoms with Crippen molar-refractivity contribution in [2.75, 3.05) is 5.32 Å². The van der Waals surface area contributed by atoms with Crippen LogP contribution >= 0.6 is 11.6 Å². The van der Waals surface area contributed by atoms with Crippen molar-refractivity contribution < 1.29 is 4.79 Å². The zero-order valence-corrected chi connectivity index (χ0v) is 17.3. The van der Waals surface area contributed by atoms with Gasteiger partial charge in [-0.15, -0.1) is 0 Å². The molecule has 0 aliphatic carbocycles. The van der Waals surface area contributed by atoms with Gasteiger partial charge in [0.15, 0.2) is 0 Å². The second-order valence-electron chi connectivity index (χ2n) is 6.82. The van der Waals surface area contributed by atoms with Crippen molar-refractivity contribution in [3.63, 3.8) is 0 Å². The molecule has 7 nitrogen and oxygen atoms in total. The molecule has 0 bridgehead atoms. The Morgan fingerprint density at radius 1 is 1.19 bits per heavy atom. The van der Waals surface area contributed by atoms with Crippen LogP contribution in [-0.2, 0) is 11.8 Å². The number of hydrogen-bond acceptors (Lipinski definition) is 4. The zero-order chi connectivity index (χ0) is 22.0. The van der Waals surface area contributed by atoms with Crippen LogP contribution in [0.1, 0.15) is 16.7 Å². The van der Waals surface area contributed by atoms with Crippen LogP contribution in [0.4, 0.5) is 5.69 Å². The predicted octanol–water partition coefficient (Wildman–Crippen LogP) is 4.55. The Morgan fingerprint density at radius 3 is 2.74 bits per heavy atom. The molecule has 1 amide bonds. The lowest BCUT2D eigenvalue weighted by Crippen LogP contribution is -2.07. The van der Waals surface area contributed by atoms with E-state index in [-0.39, 0.29) is 5.91 Å². The van der Waals surface area contributed by atoms with Gasteiger partial charge in [0.25, 0.3) is 0 Å². The summed E-state index contributed by atoms with van der Waals surface area (Å²) in [7, 11) is 1.85. The minimum Gasteiger partial charge on any atom is -0.321 e. The maximum Gasteiger partial charge on any atom is 0.247 e. The average molecular weight is 429 g/mol. The number of amides is 1. The molecule has 0 saturated carbocycles. The van der Waals surface area contributed by atoms with Gasteiger partial charge in [0.2, 0.25) is 5.91 Å². The molecule has 152 valence electrons. The fraction of sp³-hybridized carbons (Fsp3) is 0.0435. The highest BCUT2D eigenvalue weighted by atomic mass is 35.5. The van der Waals surface area contributed by atoms with E-state index in [1.807, 2.05) is 43.7 Å². The van der Waals surface area contributed by atoms with Crippen molar-refractivity contribution in [3.8, 4) is 17.2 Å². The third-order valence-corrected chi connectivity index (χ3v) is 5.02. The second-order valence-corrected chi connectivity index (χ2v) is 7.22. The van der Waals surface area contributed by atoms with Gasteiger partial charge in [0.05, 0.1) is 34.2 Å². The van der Waals surface area contributed by atoms with Crippen molar-refractivity contribution in [2.45, 2.75) is 0 Å². The summed E-state index contributed by atoms with van der Waals surface area (Å²) in [5.74, 6) is -0.341. The second kappa shape index (κ2) is 8.30. The van der Waals surface area contributed by atoms with E-state index >= 15 is 0 Å². The van der Waals surface area contributed by atoms with Crippen LogP contribution in [0, 0.1) is 11.3 Å². The normalized spacial score (nSPS) is 11.0. The van der Waals surface area contributed by atoms with Gasteiger partial charge in [-0.25, -0.2) is 4.52 Å². The number of aryl methyl sites for hydroxylation is 1. The van der Waals surface area contributed by atoms with Gasteiger partial charge in [-0.05, 0) is 29.8 Å². The van der Waals surface area contributed by atoms with Gasteiger partial charge >= 0.3 is 0 Å². The molecule has 1 N–H and O–H groups in total. The largest absolute Gasteiger partial charge is 0.321 e. The first-order valence-electron chi connectivity index (χ1n) is 9.30. The number of pyridine rings is 1. The highest BCUT2D eigenvalue weighted by Crippen LogP contribution is 2.27. The van der Waals surface area contributed by atoms with Gasteiger partial charge in [0, 0.05) is 36.1 Å². The van der Waals surface area contributed by atoms with Crippen molar-refractivity contribution in [1.29, 1.82) is 5.26 Å². The highest BCUT2D eigenvalue weighted by Gasteiger charge is 2.11. The summed E-state index contributed by atoms with van der Waals surface area (Å²) in [5.41, 5.74) is 5.18. The van der Waals surface area contributed by atoms with Crippen LogP contribution in [0.2, 0.25) is 5.02 Å². The average Bonchev–Trinajstić information content (AvgIpc) is 3.39. The Balaban J connectivity index is 1.78. The third kappa shape index (κ3) is 4.10. The van der Waals surface area contributed by atoms with Gasteiger partial charge in [-0.3, -0.25) is 9.48 Å². The number of fused-ring (bicyclic) bond motifs is 1. The van der Waals surface area contributed by atoms with Crippen LogP contribution < -0.4 is 5.32 Å². The molecular weight excluding hydrogens is 412 g/mol. The molecule has 4 aromatic rings. The lowest BCUT2D eigenvalue weighted by Gasteiger charge is -2.07. The molecule has 0 aliphatic rings. The number of anilines is 1. The topological polar surface area (TPSA) is 88.0 Å². The highest BCUT2D eigenvalue weighted by molar-refractivity contribution is 6.33. The van der Waals surface area contributed by atoms with Crippen molar-refractivity contribution in [1.82, 2.24) is 19.4 Å². The summed E-state index contributed by atoms with van der Waals surface area (Å²) in [6, 6.07) is 9.49. The van der Waals surface area contributed by atoms with E-state index in [1.54, 1.807) is 33.7 Å². The predicted molar refractivity (Wildman–Crippen MR) is 121 cm³/mol. The summed E-state index contributed by atoms with van der Waals surface area (Å²) in [6.07, 6.45) is 12.1. The summed E-state index contributed by atoms with van der Waals surface area (Å²) < 4.78 is 3.42. The number of nitrogens with zero attached hydrogens (tertiary/aromatic N) is 5. The zero-order valence-electron chi connectivity index (χ0n) is 16.6. The van der Waals surface area contributed by atoms with E-state index in [4.69, 9.17) is 11.6 Å². The third-order valence-electron chi connectivity index (χ3n) is 4.69. The standard InChI is InChI=1S/C23H17ClN6O/c1-3-22(31)28-21-8-15(5-7-20(21)24)4-6-16-9-17(19-12-26-29(2)13-19)14-30-23(16)18(10-25)11-27-30/h3-9,11-14H,1H2,2H3,(H,28,31)/b6-4+. The molecule has 8 heteroatoms.